The molecule has 2 aliphatic rings. The molecule has 2 saturated heterocycles. The molecule has 37 heavy (non-hydrogen) atoms. The molecule has 0 unspecified atom stereocenters. The lowest BCUT2D eigenvalue weighted by atomic mass is 9.90. The summed E-state index contributed by atoms with van der Waals surface area (Å²) in [4.78, 5) is 41.2. The van der Waals surface area contributed by atoms with Gasteiger partial charge in [0.2, 0.25) is 0 Å². The van der Waals surface area contributed by atoms with Gasteiger partial charge < -0.3 is 14.6 Å². The normalized spacial score (nSPS) is 22.3. The fourth-order valence-corrected chi connectivity index (χ4v) is 4.74. The topological polar surface area (TPSA) is 140 Å². The fraction of sp³-hybridized carbons (Fsp3) is 0.320. The molecule has 0 saturated carbocycles. The van der Waals surface area contributed by atoms with Gasteiger partial charge in [0.05, 0.1) is 24.9 Å². The number of aliphatic hydroxyl groups excluding tert-OH is 1. The smallest absolute Gasteiger partial charge is 0.411 e. The minimum absolute atomic E-state index is 0.0207. The molecular formula is C25H26N2O9S. The molecule has 11 nitrogen and oxygen atoms in total. The van der Waals surface area contributed by atoms with Gasteiger partial charge in [-0.1, -0.05) is 60.7 Å². The average Bonchev–Trinajstić information content (AvgIpc) is 3.24. The number of amides is 2. The number of carbonyl (C=O) groups excluding carboxylic acids is 3. The number of hydrogen-bond donors (Lipinski definition) is 1. The number of rotatable bonds is 9. The second-order valence-electron chi connectivity index (χ2n) is 8.62. The molecule has 2 heterocycles. The Balaban J connectivity index is 1.63. The van der Waals surface area contributed by atoms with Gasteiger partial charge in [0.1, 0.15) is 25.0 Å². The number of ether oxygens (including phenoxy) is 2. The van der Waals surface area contributed by atoms with E-state index in [1.807, 2.05) is 0 Å². The molecule has 196 valence electrons. The van der Waals surface area contributed by atoms with Gasteiger partial charge in [0, 0.05) is 0 Å². The maximum Gasteiger partial charge on any atom is 0.411 e. The lowest BCUT2D eigenvalue weighted by Crippen LogP contribution is -2.72. The molecule has 2 aromatic carbocycles. The Bertz CT molecular complexity index is 1310. The zero-order chi connectivity index (χ0) is 26.7. The van der Waals surface area contributed by atoms with Crippen LogP contribution >= 0.6 is 0 Å². The van der Waals surface area contributed by atoms with Crippen molar-refractivity contribution in [1.29, 1.82) is 0 Å². The van der Waals surface area contributed by atoms with Gasteiger partial charge >= 0.3 is 12.1 Å². The quantitative estimate of drug-likeness (QED) is 0.170. The molecule has 1 N–H and O–H groups in total. The Kier molecular flexibility index (Phi) is 7.50. The van der Waals surface area contributed by atoms with E-state index in [2.05, 4.69) is 0 Å². The van der Waals surface area contributed by atoms with Gasteiger partial charge in [-0.3, -0.25) is 18.8 Å². The molecule has 2 aromatic rings. The minimum Gasteiger partial charge on any atom is -0.510 e. The molecule has 0 radical (unpaired) electrons. The standard InChI is InChI=1S/C25H26N2O9S/c1-16(28)21(24(30)34-13-17-9-5-3-6-10-17)26-20(15-36-37(2,32)33)22(23(26)29)27-19(14-35-25(27)31)18-11-7-4-8-12-18/h3-12,19-20,22,28H,13-15H2,1-2H3/t19-,20-,22+/m1/s1. The highest BCUT2D eigenvalue weighted by Crippen LogP contribution is 2.39. The van der Waals surface area contributed by atoms with Crippen LogP contribution in [0.3, 0.4) is 0 Å². The summed E-state index contributed by atoms with van der Waals surface area (Å²) in [6.45, 7) is 0.489. The molecular weight excluding hydrogens is 504 g/mol. The van der Waals surface area contributed by atoms with Crippen LogP contribution in [0.4, 0.5) is 4.79 Å². The molecule has 0 spiro atoms. The van der Waals surface area contributed by atoms with Crippen molar-refractivity contribution in [2.75, 3.05) is 19.5 Å². The Morgan fingerprint density at radius 2 is 1.70 bits per heavy atom. The van der Waals surface area contributed by atoms with E-state index in [4.69, 9.17) is 13.7 Å². The van der Waals surface area contributed by atoms with Crippen LogP contribution < -0.4 is 0 Å². The number of esters is 1. The summed E-state index contributed by atoms with van der Waals surface area (Å²) in [5.41, 5.74) is 0.919. The van der Waals surface area contributed by atoms with E-state index < -0.39 is 64.3 Å². The van der Waals surface area contributed by atoms with E-state index in [-0.39, 0.29) is 13.2 Å². The van der Waals surface area contributed by atoms with Crippen molar-refractivity contribution in [2.45, 2.75) is 31.7 Å². The average molecular weight is 531 g/mol. The fourth-order valence-electron chi connectivity index (χ4n) is 4.35. The van der Waals surface area contributed by atoms with Crippen LogP contribution in [0.25, 0.3) is 0 Å². The minimum atomic E-state index is -3.94. The summed E-state index contributed by atoms with van der Waals surface area (Å²) in [6, 6.07) is 14.7. The molecule has 4 rings (SSSR count). The maximum absolute atomic E-state index is 13.4. The van der Waals surface area contributed by atoms with E-state index >= 15 is 0 Å². The first-order chi connectivity index (χ1) is 17.6. The van der Waals surface area contributed by atoms with Gasteiger partial charge in [-0.25, -0.2) is 9.59 Å². The van der Waals surface area contributed by atoms with Crippen LogP contribution in [0, 0.1) is 0 Å². The van der Waals surface area contributed by atoms with Crippen LogP contribution in [0.15, 0.2) is 72.1 Å². The number of hydrogen-bond acceptors (Lipinski definition) is 9. The zero-order valence-corrected chi connectivity index (χ0v) is 21.0. The number of allylic oxidation sites excluding steroid dienone is 1. The van der Waals surface area contributed by atoms with Gasteiger partial charge in [0.15, 0.2) is 5.70 Å². The monoisotopic (exact) mass is 530 g/mol. The van der Waals surface area contributed by atoms with Crippen molar-refractivity contribution in [3.05, 3.63) is 83.2 Å². The third-order valence-corrected chi connectivity index (χ3v) is 6.59. The largest absolute Gasteiger partial charge is 0.510 e. The van der Waals surface area contributed by atoms with Gasteiger partial charge in [-0.2, -0.15) is 8.42 Å². The van der Waals surface area contributed by atoms with E-state index in [0.717, 1.165) is 11.2 Å². The first-order valence-corrected chi connectivity index (χ1v) is 13.2. The number of carbonyl (C=O) groups is 3. The van der Waals surface area contributed by atoms with Crippen molar-refractivity contribution in [1.82, 2.24) is 9.80 Å². The van der Waals surface area contributed by atoms with Crippen LogP contribution in [0.1, 0.15) is 24.1 Å². The molecule has 2 aliphatic heterocycles. The number of aliphatic hydroxyl groups is 1. The molecule has 12 heteroatoms. The second-order valence-corrected chi connectivity index (χ2v) is 10.3. The van der Waals surface area contributed by atoms with Gasteiger partial charge in [-0.15, -0.1) is 0 Å². The Labute approximate surface area is 214 Å². The van der Waals surface area contributed by atoms with Crippen LogP contribution in [0.2, 0.25) is 0 Å². The summed E-state index contributed by atoms with van der Waals surface area (Å²) in [5, 5.41) is 10.3. The van der Waals surface area contributed by atoms with Crippen molar-refractivity contribution in [2.24, 2.45) is 0 Å². The highest BCUT2D eigenvalue weighted by Gasteiger charge is 2.59. The van der Waals surface area contributed by atoms with Crippen LogP contribution in [-0.2, 0) is 40.0 Å². The van der Waals surface area contributed by atoms with Gasteiger partial charge in [-0.05, 0) is 18.1 Å². The zero-order valence-electron chi connectivity index (χ0n) is 20.1. The Hall–Kier alpha value is -3.90. The number of cyclic esters (lactones) is 1. The number of nitrogens with zero attached hydrogens (tertiary/aromatic N) is 2. The van der Waals surface area contributed by atoms with Crippen LogP contribution in [0.5, 0.6) is 0 Å². The van der Waals surface area contributed by atoms with Crippen molar-refractivity contribution < 1.29 is 41.6 Å². The third-order valence-electron chi connectivity index (χ3n) is 6.02. The Morgan fingerprint density at radius 3 is 2.30 bits per heavy atom. The molecule has 3 atom stereocenters. The van der Waals surface area contributed by atoms with E-state index in [0.29, 0.717) is 11.1 Å². The highest BCUT2D eigenvalue weighted by molar-refractivity contribution is 7.85. The lowest BCUT2D eigenvalue weighted by Gasteiger charge is -2.50. The SMILES string of the molecule is CC(O)=C(C(=O)OCc1ccccc1)N1C(=O)[C@@H](N2C(=O)OC[C@@H]2c2ccccc2)[C@H]1COS(C)(=O)=O. The molecule has 0 aromatic heterocycles. The number of benzene rings is 2. The van der Waals surface area contributed by atoms with Crippen molar-refractivity contribution >= 4 is 28.1 Å². The Morgan fingerprint density at radius 1 is 1.08 bits per heavy atom. The molecule has 0 bridgehead atoms. The van der Waals surface area contributed by atoms with Crippen molar-refractivity contribution in [3.8, 4) is 0 Å². The second kappa shape index (κ2) is 10.6. The van der Waals surface area contributed by atoms with E-state index in [9.17, 15) is 27.9 Å². The summed E-state index contributed by atoms with van der Waals surface area (Å²) in [7, 11) is -3.94. The molecule has 2 amide bonds. The number of likely N-dealkylation sites (tertiary alicyclic amines) is 1. The summed E-state index contributed by atoms with van der Waals surface area (Å²) < 4.78 is 39.0. The van der Waals surface area contributed by atoms with E-state index in [1.165, 1.54) is 11.8 Å². The highest BCUT2D eigenvalue weighted by atomic mass is 32.2. The predicted octanol–water partition coefficient (Wildman–Crippen LogP) is 2.27. The first-order valence-electron chi connectivity index (χ1n) is 11.4. The van der Waals surface area contributed by atoms with Crippen LogP contribution in [-0.4, -0.2) is 72.8 Å². The number of β-lactam (4-membered cyclic amide) rings is 1. The van der Waals surface area contributed by atoms with Crippen molar-refractivity contribution in [3.63, 3.8) is 0 Å². The van der Waals surface area contributed by atoms with E-state index in [1.54, 1.807) is 60.7 Å². The predicted molar refractivity (Wildman–Crippen MR) is 129 cm³/mol. The molecule has 0 aliphatic carbocycles. The lowest BCUT2D eigenvalue weighted by molar-refractivity contribution is -0.162. The summed E-state index contributed by atoms with van der Waals surface area (Å²) in [5.74, 6) is -2.23. The first kappa shape index (κ1) is 26.2. The van der Waals surface area contributed by atoms with Gasteiger partial charge in [0.25, 0.3) is 16.0 Å². The molecule has 2 fully saturated rings. The summed E-state index contributed by atoms with van der Waals surface area (Å²) in [6.07, 6.45) is 0.0698. The summed E-state index contributed by atoms with van der Waals surface area (Å²) >= 11 is 0. The third kappa shape index (κ3) is 5.59. The maximum atomic E-state index is 13.4.